The molecule has 1 aromatic carbocycles. The van der Waals surface area contributed by atoms with Crippen LogP contribution in [0.25, 0.3) is 0 Å². The number of hydrogen-bond acceptors (Lipinski definition) is 5. The molecule has 23 heavy (non-hydrogen) atoms. The highest BCUT2D eigenvalue weighted by Crippen LogP contribution is 2.14. The van der Waals surface area contributed by atoms with E-state index in [1.165, 1.54) is 11.5 Å². The van der Waals surface area contributed by atoms with Gasteiger partial charge in [0.05, 0.1) is 0 Å². The van der Waals surface area contributed by atoms with E-state index in [-0.39, 0.29) is 11.4 Å². The summed E-state index contributed by atoms with van der Waals surface area (Å²) >= 11 is 4.32. The van der Waals surface area contributed by atoms with Crippen molar-refractivity contribution >= 4 is 44.8 Å². The van der Waals surface area contributed by atoms with Crippen molar-refractivity contribution in [1.29, 1.82) is 0 Å². The second kappa shape index (κ2) is 7.56. The van der Waals surface area contributed by atoms with Gasteiger partial charge in [-0.3, -0.25) is 19.0 Å². The van der Waals surface area contributed by atoms with Crippen molar-refractivity contribution in [3.05, 3.63) is 49.5 Å². The number of nitrogens with one attached hydrogen (secondary N) is 1. The smallest absolute Gasteiger partial charge is 0.326 e. The number of halogens is 1. The Balaban J connectivity index is 1.91. The fourth-order valence-electron chi connectivity index (χ4n) is 1.79. The van der Waals surface area contributed by atoms with Crippen molar-refractivity contribution in [2.24, 2.45) is 0 Å². The summed E-state index contributed by atoms with van der Waals surface area (Å²) in [5.41, 5.74) is 1.29. The molecule has 0 unspecified atom stereocenters. The van der Waals surface area contributed by atoms with Crippen LogP contribution in [-0.4, -0.2) is 22.5 Å². The van der Waals surface area contributed by atoms with Crippen LogP contribution in [0, 0.1) is 6.92 Å². The predicted octanol–water partition coefficient (Wildman–Crippen LogP) is 2.55. The molecule has 2 aromatic rings. The van der Waals surface area contributed by atoms with E-state index in [9.17, 15) is 14.4 Å². The van der Waals surface area contributed by atoms with Crippen molar-refractivity contribution in [3.8, 4) is 0 Å². The van der Waals surface area contributed by atoms with Crippen molar-refractivity contribution in [3.63, 3.8) is 0 Å². The van der Waals surface area contributed by atoms with Crippen LogP contribution < -0.4 is 10.2 Å². The molecule has 1 amide bonds. The third-order valence-corrected chi connectivity index (χ3v) is 4.46. The quantitative estimate of drug-likeness (QED) is 0.784. The van der Waals surface area contributed by atoms with Gasteiger partial charge in [-0.1, -0.05) is 27.3 Å². The zero-order chi connectivity index (χ0) is 17.0. The Labute approximate surface area is 145 Å². The lowest BCUT2D eigenvalue weighted by atomic mass is 10.3. The zero-order valence-corrected chi connectivity index (χ0v) is 14.9. The lowest BCUT2D eigenvalue weighted by molar-refractivity contribution is -0.153. The average Bonchev–Trinajstić information content (AvgIpc) is 2.81. The van der Waals surface area contributed by atoms with Gasteiger partial charge in [0, 0.05) is 21.2 Å². The highest BCUT2D eigenvalue weighted by atomic mass is 79.9. The van der Waals surface area contributed by atoms with Crippen LogP contribution in [0.1, 0.15) is 12.6 Å². The number of amides is 1. The van der Waals surface area contributed by atoms with Gasteiger partial charge < -0.3 is 10.1 Å². The summed E-state index contributed by atoms with van der Waals surface area (Å²) < 4.78 is 7.28. The minimum atomic E-state index is -0.958. The minimum absolute atomic E-state index is 0.204. The number of aryl methyl sites for hydroxylation is 1. The topological polar surface area (TPSA) is 77.4 Å². The third-order valence-electron chi connectivity index (χ3n) is 3.05. The first-order valence-corrected chi connectivity index (χ1v) is 8.45. The van der Waals surface area contributed by atoms with E-state index >= 15 is 0 Å². The molecule has 1 aromatic heterocycles. The van der Waals surface area contributed by atoms with Crippen LogP contribution in [0.2, 0.25) is 0 Å². The van der Waals surface area contributed by atoms with E-state index < -0.39 is 18.0 Å². The molecule has 0 aliphatic heterocycles. The molecule has 1 atom stereocenters. The molecule has 0 radical (unpaired) electrons. The van der Waals surface area contributed by atoms with E-state index in [4.69, 9.17) is 4.74 Å². The van der Waals surface area contributed by atoms with Crippen molar-refractivity contribution in [2.75, 3.05) is 5.32 Å². The number of anilines is 1. The summed E-state index contributed by atoms with van der Waals surface area (Å²) in [6.45, 7) is 3.01. The number of carbonyl (C=O) groups excluding carboxylic acids is 2. The van der Waals surface area contributed by atoms with Gasteiger partial charge in [-0.05, 0) is 38.1 Å². The molecule has 0 spiro atoms. The molecule has 0 aliphatic carbocycles. The van der Waals surface area contributed by atoms with E-state index in [0.29, 0.717) is 11.4 Å². The molecule has 0 fully saturated rings. The van der Waals surface area contributed by atoms with Crippen LogP contribution in [0.15, 0.2) is 38.9 Å². The standard InChI is InChI=1S/C15H15BrN2O4S/c1-9-8-23-15(21)18(9)7-13(19)22-10(2)14(20)17-12-5-3-11(16)4-6-12/h3-6,8,10H,7H2,1-2H3,(H,17,20)/t10-/m0/s1. The van der Waals surface area contributed by atoms with Crippen molar-refractivity contribution < 1.29 is 14.3 Å². The normalized spacial score (nSPS) is 11.8. The summed E-state index contributed by atoms with van der Waals surface area (Å²) in [6.07, 6.45) is -0.958. The molecular formula is C15H15BrN2O4S. The third kappa shape index (κ3) is 4.77. The largest absolute Gasteiger partial charge is 0.451 e. The molecule has 122 valence electrons. The average molecular weight is 399 g/mol. The van der Waals surface area contributed by atoms with E-state index in [1.54, 1.807) is 36.6 Å². The zero-order valence-electron chi connectivity index (χ0n) is 12.5. The van der Waals surface area contributed by atoms with E-state index in [1.807, 2.05) is 0 Å². The van der Waals surface area contributed by atoms with Crippen LogP contribution in [0.5, 0.6) is 0 Å². The number of aromatic nitrogens is 1. The number of rotatable bonds is 5. The molecule has 0 saturated carbocycles. The molecule has 1 N–H and O–H groups in total. The summed E-state index contributed by atoms with van der Waals surface area (Å²) in [5, 5.41) is 4.32. The fraction of sp³-hybridized carbons (Fsp3) is 0.267. The SMILES string of the molecule is Cc1csc(=O)n1CC(=O)O[C@@H](C)C(=O)Nc1ccc(Br)cc1. The minimum Gasteiger partial charge on any atom is -0.451 e. The number of benzene rings is 1. The maximum absolute atomic E-state index is 12.0. The Morgan fingerprint density at radius 1 is 1.35 bits per heavy atom. The maximum atomic E-state index is 12.0. The van der Waals surface area contributed by atoms with Crippen LogP contribution in [0.4, 0.5) is 5.69 Å². The molecule has 0 bridgehead atoms. The predicted molar refractivity (Wildman–Crippen MR) is 91.6 cm³/mol. The van der Waals surface area contributed by atoms with Gasteiger partial charge in [-0.2, -0.15) is 0 Å². The van der Waals surface area contributed by atoms with Crippen molar-refractivity contribution in [2.45, 2.75) is 26.5 Å². The number of ether oxygens (including phenoxy) is 1. The fourth-order valence-corrected chi connectivity index (χ4v) is 2.79. The van der Waals surface area contributed by atoms with Gasteiger partial charge in [-0.25, -0.2) is 0 Å². The Bertz CT molecular complexity index is 767. The lowest BCUT2D eigenvalue weighted by Crippen LogP contribution is -2.32. The summed E-state index contributed by atoms with van der Waals surface area (Å²) in [4.78, 5) is 35.2. The molecule has 0 saturated heterocycles. The van der Waals surface area contributed by atoms with Gasteiger partial charge in [0.2, 0.25) is 0 Å². The van der Waals surface area contributed by atoms with E-state index in [0.717, 1.165) is 15.8 Å². The van der Waals surface area contributed by atoms with E-state index in [2.05, 4.69) is 21.2 Å². The summed E-state index contributed by atoms with van der Waals surface area (Å²) in [5.74, 6) is -1.07. The summed E-state index contributed by atoms with van der Waals surface area (Å²) in [6, 6.07) is 7.03. The molecule has 1 heterocycles. The number of carbonyl (C=O) groups is 2. The number of hydrogen-bond donors (Lipinski definition) is 1. The first-order chi connectivity index (χ1) is 10.9. The number of esters is 1. The first kappa shape index (κ1) is 17.4. The Kier molecular flexibility index (Phi) is 5.73. The second-order valence-electron chi connectivity index (χ2n) is 4.86. The van der Waals surface area contributed by atoms with Gasteiger partial charge in [-0.15, -0.1) is 0 Å². The van der Waals surface area contributed by atoms with Crippen LogP contribution >= 0.6 is 27.3 Å². The second-order valence-corrected chi connectivity index (χ2v) is 6.59. The molecule has 6 nitrogen and oxygen atoms in total. The molecule has 2 rings (SSSR count). The monoisotopic (exact) mass is 398 g/mol. The number of nitrogens with zero attached hydrogens (tertiary/aromatic N) is 1. The molecular weight excluding hydrogens is 384 g/mol. The molecule has 8 heteroatoms. The molecule has 0 aliphatic rings. The lowest BCUT2D eigenvalue weighted by Gasteiger charge is -2.14. The number of thiazole rings is 1. The van der Waals surface area contributed by atoms with Crippen LogP contribution in [-0.2, 0) is 20.9 Å². The van der Waals surface area contributed by atoms with Gasteiger partial charge in [0.15, 0.2) is 6.10 Å². The first-order valence-electron chi connectivity index (χ1n) is 6.77. The Hall–Kier alpha value is -1.93. The highest BCUT2D eigenvalue weighted by Gasteiger charge is 2.19. The maximum Gasteiger partial charge on any atom is 0.326 e. The van der Waals surface area contributed by atoms with Crippen molar-refractivity contribution in [1.82, 2.24) is 4.57 Å². The Morgan fingerprint density at radius 3 is 2.57 bits per heavy atom. The van der Waals surface area contributed by atoms with Crippen LogP contribution in [0.3, 0.4) is 0 Å². The van der Waals surface area contributed by atoms with Gasteiger partial charge in [0.25, 0.3) is 5.91 Å². The van der Waals surface area contributed by atoms with Gasteiger partial charge >= 0.3 is 10.8 Å². The van der Waals surface area contributed by atoms with Gasteiger partial charge in [0.1, 0.15) is 6.54 Å². The highest BCUT2D eigenvalue weighted by molar-refractivity contribution is 9.10. The Morgan fingerprint density at radius 2 is 2.00 bits per heavy atom. The summed E-state index contributed by atoms with van der Waals surface area (Å²) in [7, 11) is 0.